The fraction of sp³-hybridized carbons (Fsp3) is 0.346. The summed E-state index contributed by atoms with van der Waals surface area (Å²) in [6, 6.07) is 15.8. The maximum Gasteiger partial charge on any atom is 0.315 e. The molecule has 35 heavy (non-hydrogen) atoms. The van der Waals surface area contributed by atoms with Gasteiger partial charge in [0.1, 0.15) is 11.7 Å². The Hall–Kier alpha value is -3.33. The smallest absolute Gasteiger partial charge is 0.315 e. The molecule has 1 atom stereocenters. The van der Waals surface area contributed by atoms with Crippen LogP contribution in [-0.2, 0) is 18.4 Å². The molecule has 0 bridgehead atoms. The van der Waals surface area contributed by atoms with E-state index in [9.17, 15) is 14.4 Å². The van der Waals surface area contributed by atoms with Gasteiger partial charge < -0.3 is 16.0 Å². The predicted molar refractivity (Wildman–Crippen MR) is 140 cm³/mol. The zero-order chi connectivity index (χ0) is 24.9. The standard InChI is InChI=1S/C26H30BrN5O3/c1-3-7-21(29-26(35)28-16-17-10-14-19(27)15-11-17)24(33)30-22-23(18-12-13-18)31(2)32(25(22)34)20-8-5-4-6-9-20/h4-6,8-11,14-15,18,21H,3,7,12-13,16H2,1-2H3,(H,30,33)(H2,28,29,35). The fourth-order valence-electron chi connectivity index (χ4n) is 4.19. The lowest BCUT2D eigenvalue weighted by molar-refractivity contribution is -0.118. The van der Waals surface area contributed by atoms with E-state index in [0.29, 0.717) is 25.1 Å². The van der Waals surface area contributed by atoms with E-state index in [2.05, 4.69) is 31.9 Å². The minimum absolute atomic E-state index is 0.236. The second-order valence-corrected chi connectivity index (χ2v) is 9.71. The van der Waals surface area contributed by atoms with Crippen molar-refractivity contribution in [3.8, 4) is 5.69 Å². The molecule has 0 spiro atoms. The SMILES string of the molecule is CCCC(NC(=O)NCc1ccc(Br)cc1)C(=O)Nc1c(C2CC2)n(C)n(-c2ccccc2)c1=O. The number of aromatic nitrogens is 2. The van der Waals surface area contributed by atoms with Crippen LogP contribution in [0.25, 0.3) is 5.69 Å². The van der Waals surface area contributed by atoms with Gasteiger partial charge in [0.2, 0.25) is 5.91 Å². The quantitative estimate of drug-likeness (QED) is 0.375. The number of benzene rings is 2. The van der Waals surface area contributed by atoms with Crippen molar-refractivity contribution in [1.29, 1.82) is 0 Å². The van der Waals surface area contributed by atoms with Crippen molar-refractivity contribution in [2.24, 2.45) is 7.05 Å². The second-order valence-electron chi connectivity index (χ2n) is 8.79. The highest BCUT2D eigenvalue weighted by Crippen LogP contribution is 2.42. The van der Waals surface area contributed by atoms with E-state index in [0.717, 1.165) is 34.3 Å². The Labute approximate surface area is 212 Å². The van der Waals surface area contributed by atoms with E-state index in [1.54, 1.807) is 4.68 Å². The molecule has 9 heteroatoms. The van der Waals surface area contributed by atoms with E-state index < -0.39 is 18.0 Å². The molecule has 1 heterocycles. The lowest BCUT2D eigenvalue weighted by Crippen LogP contribution is -2.48. The number of hydrogen-bond donors (Lipinski definition) is 3. The van der Waals surface area contributed by atoms with Crippen LogP contribution in [0.4, 0.5) is 10.5 Å². The lowest BCUT2D eigenvalue weighted by Gasteiger charge is -2.18. The summed E-state index contributed by atoms with van der Waals surface area (Å²) in [6.45, 7) is 2.29. The topological polar surface area (TPSA) is 97.2 Å². The Balaban J connectivity index is 1.50. The number of urea groups is 1. The summed E-state index contributed by atoms with van der Waals surface area (Å²) in [4.78, 5) is 39.2. The molecule has 184 valence electrons. The van der Waals surface area contributed by atoms with Crippen molar-refractivity contribution in [3.63, 3.8) is 0 Å². The number of para-hydroxylation sites is 1. The minimum atomic E-state index is -0.762. The molecule has 3 aromatic rings. The largest absolute Gasteiger partial charge is 0.334 e. The summed E-state index contributed by atoms with van der Waals surface area (Å²) in [5.41, 5.74) is 2.52. The molecule has 1 aliphatic rings. The van der Waals surface area contributed by atoms with Gasteiger partial charge in [-0.2, -0.15) is 0 Å². The molecule has 3 amide bonds. The van der Waals surface area contributed by atoms with Crippen LogP contribution >= 0.6 is 15.9 Å². The number of halogens is 1. The molecule has 1 saturated carbocycles. The summed E-state index contributed by atoms with van der Waals surface area (Å²) in [7, 11) is 1.84. The predicted octanol–water partition coefficient (Wildman–Crippen LogP) is 4.42. The fourth-order valence-corrected chi connectivity index (χ4v) is 4.45. The van der Waals surface area contributed by atoms with Gasteiger partial charge in [0.15, 0.2) is 0 Å². The molecule has 1 aliphatic carbocycles. The van der Waals surface area contributed by atoms with Crippen molar-refractivity contribution in [2.45, 2.75) is 51.1 Å². The molecule has 2 aromatic carbocycles. The van der Waals surface area contributed by atoms with Gasteiger partial charge in [0.25, 0.3) is 5.56 Å². The Morgan fingerprint density at radius 3 is 2.40 bits per heavy atom. The van der Waals surface area contributed by atoms with Crippen molar-refractivity contribution in [2.75, 3.05) is 5.32 Å². The Morgan fingerprint density at radius 2 is 1.77 bits per heavy atom. The Morgan fingerprint density at radius 1 is 1.09 bits per heavy atom. The number of nitrogens with one attached hydrogen (secondary N) is 3. The van der Waals surface area contributed by atoms with Crippen LogP contribution in [-0.4, -0.2) is 27.3 Å². The molecule has 0 saturated heterocycles. The van der Waals surface area contributed by atoms with Crippen LogP contribution < -0.4 is 21.5 Å². The average molecular weight is 540 g/mol. The number of hydrogen-bond acceptors (Lipinski definition) is 3. The summed E-state index contributed by atoms with van der Waals surface area (Å²) in [5.74, 6) is -0.157. The van der Waals surface area contributed by atoms with Gasteiger partial charge in [0.05, 0.1) is 11.4 Å². The van der Waals surface area contributed by atoms with Gasteiger partial charge in [0, 0.05) is 24.0 Å². The number of anilines is 1. The van der Waals surface area contributed by atoms with E-state index in [-0.39, 0.29) is 11.5 Å². The minimum Gasteiger partial charge on any atom is -0.334 e. The van der Waals surface area contributed by atoms with Crippen molar-refractivity contribution >= 4 is 33.6 Å². The number of carbonyl (C=O) groups excluding carboxylic acids is 2. The summed E-state index contributed by atoms with van der Waals surface area (Å²) >= 11 is 3.39. The van der Waals surface area contributed by atoms with Crippen LogP contribution in [0.5, 0.6) is 0 Å². The first-order valence-electron chi connectivity index (χ1n) is 11.9. The van der Waals surface area contributed by atoms with Gasteiger partial charge in [-0.05, 0) is 49.1 Å². The second kappa shape index (κ2) is 10.9. The third kappa shape index (κ3) is 5.85. The van der Waals surface area contributed by atoms with Crippen LogP contribution in [0.15, 0.2) is 63.9 Å². The van der Waals surface area contributed by atoms with Gasteiger partial charge in [-0.25, -0.2) is 9.48 Å². The molecule has 4 rings (SSSR count). The van der Waals surface area contributed by atoms with E-state index in [4.69, 9.17) is 0 Å². The highest BCUT2D eigenvalue weighted by atomic mass is 79.9. The van der Waals surface area contributed by atoms with Gasteiger partial charge in [-0.3, -0.25) is 14.3 Å². The third-order valence-corrected chi connectivity index (χ3v) is 6.62. The molecule has 8 nitrogen and oxygen atoms in total. The molecule has 0 aliphatic heterocycles. The highest BCUT2D eigenvalue weighted by Gasteiger charge is 2.34. The van der Waals surface area contributed by atoms with Crippen LogP contribution in [0.1, 0.15) is 49.8 Å². The first kappa shape index (κ1) is 24.8. The molecule has 0 radical (unpaired) electrons. The third-order valence-electron chi connectivity index (χ3n) is 6.09. The van der Waals surface area contributed by atoms with E-state index >= 15 is 0 Å². The first-order valence-corrected chi connectivity index (χ1v) is 12.6. The maximum atomic E-state index is 13.4. The first-order chi connectivity index (χ1) is 16.9. The zero-order valence-electron chi connectivity index (χ0n) is 19.9. The number of nitrogens with zero attached hydrogens (tertiary/aromatic N) is 2. The molecule has 1 aromatic heterocycles. The number of carbonyl (C=O) groups is 2. The number of amides is 3. The van der Waals surface area contributed by atoms with Crippen molar-refractivity contribution in [1.82, 2.24) is 20.0 Å². The molecular weight excluding hydrogens is 510 g/mol. The summed E-state index contributed by atoms with van der Waals surface area (Å²) < 4.78 is 4.37. The molecule has 1 unspecified atom stereocenters. The Kier molecular flexibility index (Phi) is 7.75. The molecule has 3 N–H and O–H groups in total. The van der Waals surface area contributed by atoms with Crippen LogP contribution in [0.2, 0.25) is 0 Å². The van der Waals surface area contributed by atoms with E-state index in [1.165, 1.54) is 0 Å². The van der Waals surface area contributed by atoms with Crippen molar-refractivity contribution in [3.05, 3.63) is 80.7 Å². The van der Waals surface area contributed by atoms with Gasteiger partial charge >= 0.3 is 6.03 Å². The van der Waals surface area contributed by atoms with E-state index in [1.807, 2.05) is 73.3 Å². The molecular formula is C26H30BrN5O3. The van der Waals surface area contributed by atoms with Gasteiger partial charge in [-0.15, -0.1) is 0 Å². The Bertz CT molecular complexity index is 1250. The monoisotopic (exact) mass is 539 g/mol. The lowest BCUT2D eigenvalue weighted by atomic mass is 10.1. The molecule has 1 fully saturated rings. The van der Waals surface area contributed by atoms with Gasteiger partial charge in [-0.1, -0.05) is 59.6 Å². The van der Waals surface area contributed by atoms with Crippen molar-refractivity contribution < 1.29 is 9.59 Å². The highest BCUT2D eigenvalue weighted by molar-refractivity contribution is 9.10. The summed E-state index contributed by atoms with van der Waals surface area (Å²) in [5, 5.41) is 8.43. The zero-order valence-corrected chi connectivity index (χ0v) is 21.5. The van der Waals surface area contributed by atoms with Crippen LogP contribution in [0.3, 0.4) is 0 Å². The maximum absolute atomic E-state index is 13.4. The summed E-state index contributed by atoms with van der Waals surface area (Å²) in [6.07, 6.45) is 3.10. The average Bonchev–Trinajstić information content (AvgIpc) is 3.65. The van der Waals surface area contributed by atoms with Crippen LogP contribution in [0, 0.1) is 0 Å². The normalized spacial score (nSPS) is 13.8. The number of rotatable bonds is 9.